The lowest BCUT2D eigenvalue weighted by molar-refractivity contribution is -0.129. The van der Waals surface area contributed by atoms with Crippen LogP contribution in [0.5, 0.6) is 23.0 Å². The third kappa shape index (κ3) is 9.37. The third-order valence-electron chi connectivity index (χ3n) is 5.04. The van der Waals surface area contributed by atoms with Crippen LogP contribution in [0.4, 0.5) is 0 Å². The summed E-state index contributed by atoms with van der Waals surface area (Å²) in [5.74, 6) is 0.722. The molecule has 0 aliphatic carbocycles. The number of hydrogen-bond acceptors (Lipinski definition) is 7. The fourth-order valence-corrected chi connectivity index (χ4v) is 3.16. The number of ether oxygens (including phenoxy) is 4. The summed E-state index contributed by atoms with van der Waals surface area (Å²) < 4.78 is 22.3. The van der Waals surface area contributed by atoms with Crippen molar-refractivity contribution >= 4 is 24.0 Å². The molecule has 0 saturated carbocycles. The summed E-state index contributed by atoms with van der Waals surface area (Å²) in [6, 6.07) is 12.1. The largest absolute Gasteiger partial charge is 0.493 e. The second-order valence-electron chi connectivity index (χ2n) is 7.93. The fraction of sp³-hybridized carbons (Fsp3) is 0.345. The number of hydrogen-bond donors (Lipinski definition) is 1. The van der Waals surface area contributed by atoms with E-state index >= 15 is 0 Å². The summed E-state index contributed by atoms with van der Waals surface area (Å²) in [5.41, 5.74) is 1.28. The molecule has 0 saturated heterocycles. The van der Waals surface area contributed by atoms with E-state index in [0.717, 1.165) is 24.8 Å². The second kappa shape index (κ2) is 15.7. The van der Waals surface area contributed by atoms with Gasteiger partial charge < -0.3 is 24.3 Å². The second-order valence-corrected chi connectivity index (χ2v) is 7.93. The highest BCUT2D eigenvalue weighted by molar-refractivity contribution is 6.01. The topological polar surface area (TPSA) is 107 Å². The molecule has 37 heavy (non-hydrogen) atoms. The van der Waals surface area contributed by atoms with Gasteiger partial charge in [0.2, 0.25) is 0 Å². The molecule has 1 N–H and O–H groups in total. The number of benzene rings is 2. The number of rotatable bonds is 14. The first-order chi connectivity index (χ1) is 17.9. The van der Waals surface area contributed by atoms with E-state index in [1.165, 1.54) is 19.3 Å². The monoisotopic (exact) mass is 506 g/mol. The van der Waals surface area contributed by atoms with E-state index in [1.54, 1.807) is 30.3 Å². The number of nitriles is 1. The van der Waals surface area contributed by atoms with Crippen molar-refractivity contribution in [3.63, 3.8) is 0 Å². The van der Waals surface area contributed by atoms with Crippen LogP contribution in [0.25, 0.3) is 12.2 Å². The molecule has 2 aromatic rings. The molecule has 0 aliphatic heterocycles. The van der Waals surface area contributed by atoms with E-state index in [2.05, 4.69) is 12.2 Å². The molecule has 0 fully saturated rings. The molecule has 0 aliphatic rings. The molecule has 0 atom stereocenters. The van der Waals surface area contributed by atoms with Crippen LogP contribution in [0, 0.1) is 11.3 Å². The number of nitrogens with zero attached hydrogens (tertiary/aromatic N) is 1. The van der Waals surface area contributed by atoms with E-state index in [-0.39, 0.29) is 17.1 Å². The standard InChI is InChI=1S/C29H34N2O6/c1-5-8-16-36-24-12-9-21(18-27(24)35-7-3)11-14-28(32)37-25-13-10-22(19-26(25)34-4)17-23(20-30)29(33)31-15-6-2/h9-14,17-19H,5-8,15-16H2,1-4H3,(H,31,33)/b14-11+,23-17+. The predicted molar refractivity (Wildman–Crippen MR) is 143 cm³/mol. The van der Waals surface area contributed by atoms with Crippen LogP contribution >= 0.6 is 0 Å². The highest BCUT2D eigenvalue weighted by atomic mass is 16.6. The maximum absolute atomic E-state index is 12.5. The van der Waals surface area contributed by atoms with Crippen LogP contribution in [0.3, 0.4) is 0 Å². The minimum absolute atomic E-state index is 0.0311. The van der Waals surface area contributed by atoms with Gasteiger partial charge in [0.05, 0.1) is 20.3 Å². The van der Waals surface area contributed by atoms with Gasteiger partial charge in [-0.25, -0.2) is 4.79 Å². The highest BCUT2D eigenvalue weighted by Gasteiger charge is 2.12. The zero-order chi connectivity index (χ0) is 27.0. The minimum Gasteiger partial charge on any atom is -0.493 e. The van der Waals surface area contributed by atoms with Crippen LogP contribution in [0.2, 0.25) is 0 Å². The van der Waals surface area contributed by atoms with E-state index in [0.29, 0.717) is 36.8 Å². The number of methoxy groups -OCH3 is 1. The Labute approximate surface area is 218 Å². The smallest absolute Gasteiger partial charge is 0.336 e. The van der Waals surface area contributed by atoms with Gasteiger partial charge in [0.1, 0.15) is 11.6 Å². The lowest BCUT2D eigenvalue weighted by atomic mass is 10.1. The fourth-order valence-electron chi connectivity index (χ4n) is 3.16. The van der Waals surface area contributed by atoms with E-state index in [1.807, 2.05) is 32.0 Å². The molecule has 0 spiro atoms. The lowest BCUT2D eigenvalue weighted by Crippen LogP contribution is -2.25. The van der Waals surface area contributed by atoms with Crippen LogP contribution in [-0.4, -0.2) is 38.7 Å². The molecule has 1 amide bonds. The molecule has 8 heteroatoms. The van der Waals surface area contributed by atoms with Crippen LogP contribution in [0.1, 0.15) is 51.2 Å². The minimum atomic E-state index is -0.598. The van der Waals surface area contributed by atoms with Gasteiger partial charge in [0.15, 0.2) is 23.0 Å². The molecule has 0 aromatic heterocycles. The normalized spacial score (nSPS) is 11.1. The molecule has 8 nitrogen and oxygen atoms in total. The average molecular weight is 507 g/mol. The maximum atomic E-state index is 12.5. The van der Waals surface area contributed by atoms with Gasteiger partial charge in [-0.15, -0.1) is 0 Å². The quantitative estimate of drug-likeness (QED) is 0.121. The Morgan fingerprint density at radius 2 is 1.68 bits per heavy atom. The average Bonchev–Trinajstić information content (AvgIpc) is 2.91. The Morgan fingerprint density at radius 1 is 0.946 bits per heavy atom. The highest BCUT2D eigenvalue weighted by Crippen LogP contribution is 2.31. The molecule has 0 radical (unpaired) electrons. The summed E-state index contributed by atoms with van der Waals surface area (Å²) in [5, 5.41) is 12.0. The van der Waals surface area contributed by atoms with Crippen molar-refractivity contribution in [2.24, 2.45) is 0 Å². The van der Waals surface area contributed by atoms with Gasteiger partial charge >= 0.3 is 5.97 Å². The van der Waals surface area contributed by atoms with Crippen LogP contribution < -0.4 is 24.3 Å². The molecule has 0 heterocycles. The summed E-state index contributed by atoms with van der Waals surface area (Å²) in [4.78, 5) is 24.6. The van der Waals surface area contributed by atoms with Gasteiger partial charge in [0.25, 0.3) is 5.91 Å². The Hall–Kier alpha value is -4.25. The maximum Gasteiger partial charge on any atom is 0.336 e. The predicted octanol–water partition coefficient (Wildman–Crippen LogP) is 5.32. The zero-order valence-corrected chi connectivity index (χ0v) is 21.8. The lowest BCUT2D eigenvalue weighted by Gasteiger charge is -2.12. The Morgan fingerprint density at radius 3 is 2.35 bits per heavy atom. The summed E-state index contributed by atoms with van der Waals surface area (Å²) >= 11 is 0. The van der Waals surface area contributed by atoms with Crippen molar-refractivity contribution in [2.75, 3.05) is 26.9 Å². The van der Waals surface area contributed by atoms with Gasteiger partial charge in [-0.1, -0.05) is 32.4 Å². The zero-order valence-electron chi connectivity index (χ0n) is 21.8. The summed E-state index contributed by atoms with van der Waals surface area (Å²) in [6.07, 6.45) is 7.13. The molecular weight excluding hydrogens is 472 g/mol. The van der Waals surface area contributed by atoms with Crippen molar-refractivity contribution in [2.45, 2.75) is 40.0 Å². The first-order valence-electron chi connectivity index (χ1n) is 12.3. The first-order valence-corrected chi connectivity index (χ1v) is 12.3. The number of carbonyl (C=O) groups excluding carboxylic acids is 2. The number of amides is 1. The number of esters is 1. The summed E-state index contributed by atoms with van der Waals surface area (Å²) in [7, 11) is 1.44. The van der Waals surface area contributed by atoms with Gasteiger partial charge in [-0.05, 0) is 67.3 Å². The number of unbranched alkanes of at least 4 members (excludes halogenated alkanes) is 1. The first kappa shape index (κ1) is 29.0. The third-order valence-corrected chi connectivity index (χ3v) is 5.04. The van der Waals surface area contributed by atoms with Gasteiger partial charge in [0, 0.05) is 12.6 Å². The van der Waals surface area contributed by atoms with Crippen LogP contribution in [0.15, 0.2) is 48.0 Å². The van der Waals surface area contributed by atoms with Crippen LogP contribution in [-0.2, 0) is 9.59 Å². The van der Waals surface area contributed by atoms with Crippen molar-refractivity contribution in [3.05, 3.63) is 59.2 Å². The van der Waals surface area contributed by atoms with E-state index in [4.69, 9.17) is 18.9 Å². The van der Waals surface area contributed by atoms with Crippen molar-refractivity contribution in [3.8, 4) is 29.1 Å². The van der Waals surface area contributed by atoms with Crippen molar-refractivity contribution < 1.29 is 28.5 Å². The number of nitrogens with one attached hydrogen (secondary N) is 1. The molecule has 0 unspecified atom stereocenters. The molecule has 196 valence electrons. The van der Waals surface area contributed by atoms with Crippen molar-refractivity contribution in [1.82, 2.24) is 5.32 Å². The van der Waals surface area contributed by atoms with Crippen molar-refractivity contribution in [1.29, 1.82) is 5.26 Å². The molecule has 0 bridgehead atoms. The number of carbonyl (C=O) groups is 2. The molecule has 2 rings (SSSR count). The van der Waals surface area contributed by atoms with Gasteiger partial charge in [-0.3, -0.25) is 4.79 Å². The van der Waals surface area contributed by atoms with E-state index < -0.39 is 11.9 Å². The molecular formula is C29H34N2O6. The Bertz CT molecular complexity index is 1160. The van der Waals surface area contributed by atoms with Gasteiger partial charge in [-0.2, -0.15) is 5.26 Å². The summed E-state index contributed by atoms with van der Waals surface area (Å²) in [6.45, 7) is 7.50. The molecule has 2 aromatic carbocycles. The Balaban J connectivity index is 2.13. The Kier molecular flexibility index (Phi) is 12.3. The SMILES string of the molecule is CCCCOc1ccc(/C=C/C(=O)Oc2ccc(/C=C(\C#N)C(=O)NCCC)cc2OC)cc1OCC. The van der Waals surface area contributed by atoms with E-state index in [9.17, 15) is 14.9 Å².